The normalized spacial score (nSPS) is 11.3. The Hall–Kier alpha value is -1.89. The molecule has 0 bridgehead atoms. The highest BCUT2D eigenvalue weighted by atomic mass is 79.9. The number of amides is 1. The summed E-state index contributed by atoms with van der Waals surface area (Å²) in [5.41, 5.74) is -1.85. The number of halogens is 5. The fraction of sp³-hybridized carbons (Fsp3) is 0.0714. The van der Waals surface area contributed by atoms with E-state index in [0.717, 1.165) is 18.2 Å². The molecule has 0 spiro atoms. The summed E-state index contributed by atoms with van der Waals surface area (Å²) in [6, 6.07) is 8.38. The Kier molecular flexibility index (Phi) is 4.32. The second-order valence-electron chi connectivity index (χ2n) is 4.12. The minimum atomic E-state index is -4.69. The smallest absolute Gasteiger partial charge is 0.319 e. The molecule has 0 radical (unpaired) electrons. The molecule has 1 N–H and O–H groups in total. The maximum absolute atomic E-state index is 13.4. The summed E-state index contributed by atoms with van der Waals surface area (Å²) in [6.07, 6.45) is -4.69. The van der Waals surface area contributed by atoms with Crippen LogP contribution in [0, 0.1) is 5.82 Å². The molecule has 110 valence electrons. The summed E-state index contributed by atoms with van der Waals surface area (Å²) in [5.74, 6) is -1.75. The van der Waals surface area contributed by atoms with Crippen LogP contribution in [0.4, 0.5) is 23.2 Å². The van der Waals surface area contributed by atoms with Gasteiger partial charge in [-0.15, -0.1) is 0 Å². The van der Waals surface area contributed by atoms with E-state index in [1.807, 2.05) is 0 Å². The van der Waals surface area contributed by atoms with E-state index in [2.05, 4.69) is 21.2 Å². The first-order valence-electron chi connectivity index (χ1n) is 5.71. The molecule has 2 aromatic rings. The molecule has 0 heterocycles. The van der Waals surface area contributed by atoms with Crippen LogP contribution < -0.4 is 5.32 Å². The summed E-state index contributed by atoms with van der Waals surface area (Å²) in [4.78, 5) is 12.0. The van der Waals surface area contributed by atoms with E-state index in [1.165, 1.54) is 24.3 Å². The highest BCUT2D eigenvalue weighted by Gasteiger charge is 2.35. The standard InChI is InChI=1S/C14H8BrF4NO/c15-8-5-6-9(10(7-8)14(17,18)19)13(21)20-12-4-2-1-3-11(12)16/h1-7H,(H,20,21). The van der Waals surface area contributed by atoms with Gasteiger partial charge < -0.3 is 5.32 Å². The van der Waals surface area contributed by atoms with Crippen molar-refractivity contribution in [1.29, 1.82) is 0 Å². The van der Waals surface area contributed by atoms with Crippen molar-refractivity contribution in [2.24, 2.45) is 0 Å². The van der Waals surface area contributed by atoms with Crippen LogP contribution in [0.1, 0.15) is 15.9 Å². The number of carbonyl (C=O) groups is 1. The lowest BCUT2D eigenvalue weighted by molar-refractivity contribution is -0.137. The van der Waals surface area contributed by atoms with E-state index in [0.29, 0.717) is 0 Å². The average molecular weight is 362 g/mol. The molecular weight excluding hydrogens is 354 g/mol. The van der Waals surface area contributed by atoms with Crippen molar-refractivity contribution in [2.75, 3.05) is 5.32 Å². The van der Waals surface area contributed by atoms with Crippen molar-refractivity contribution in [1.82, 2.24) is 0 Å². The Balaban J connectivity index is 2.38. The zero-order valence-corrected chi connectivity index (χ0v) is 11.9. The quantitative estimate of drug-likeness (QED) is 0.760. The first-order chi connectivity index (χ1) is 9.79. The first kappa shape index (κ1) is 15.5. The summed E-state index contributed by atoms with van der Waals surface area (Å²) >= 11 is 2.92. The molecule has 0 aliphatic rings. The van der Waals surface area contributed by atoms with Crippen molar-refractivity contribution in [3.05, 3.63) is 63.9 Å². The number of alkyl halides is 3. The third-order valence-electron chi connectivity index (χ3n) is 2.65. The van der Waals surface area contributed by atoms with E-state index < -0.39 is 29.0 Å². The topological polar surface area (TPSA) is 29.1 Å². The number of carbonyl (C=O) groups excluding carboxylic acids is 1. The summed E-state index contributed by atoms with van der Waals surface area (Å²) in [6.45, 7) is 0. The molecule has 0 saturated heterocycles. The highest BCUT2D eigenvalue weighted by molar-refractivity contribution is 9.10. The molecule has 2 aromatic carbocycles. The number of para-hydroxylation sites is 1. The van der Waals surface area contributed by atoms with Crippen LogP contribution >= 0.6 is 15.9 Å². The summed E-state index contributed by atoms with van der Waals surface area (Å²) in [5, 5.41) is 2.13. The molecule has 0 aliphatic heterocycles. The van der Waals surface area contributed by atoms with Gasteiger partial charge in [-0.2, -0.15) is 13.2 Å². The van der Waals surface area contributed by atoms with Crippen LogP contribution in [0.25, 0.3) is 0 Å². The first-order valence-corrected chi connectivity index (χ1v) is 6.51. The number of hydrogen-bond acceptors (Lipinski definition) is 1. The lowest BCUT2D eigenvalue weighted by atomic mass is 10.1. The summed E-state index contributed by atoms with van der Waals surface area (Å²) < 4.78 is 52.4. The largest absolute Gasteiger partial charge is 0.417 e. The number of benzene rings is 2. The van der Waals surface area contributed by atoms with Crippen LogP contribution in [-0.2, 0) is 6.18 Å². The lowest BCUT2D eigenvalue weighted by Crippen LogP contribution is -2.19. The number of hydrogen-bond donors (Lipinski definition) is 1. The SMILES string of the molecule is O=C(Nc1ccccc1F)c1ccc(Br)cc1C(F)(F)F. The molecule has 21 heavy (non-hydrogen) atoms. The molecule has 0 aliphatic carbocycles. The van der Waals surface area contributed by atoms with Gasteiger partial charge in [0.25, 0.3) is 5.91 Å². The Morgan fingerprint density at radius 3 is 2.38 bits per heavy atom. The fourth-order valence-corrected chi connectivity index (χ4v) is 2.06. The van der Waals surface area contributed by atoms with Gasteiger partial charge in [0.2, 0.25) is 0 Å². The Labute approximate surface area is 125 Å². The van der Waals surface area contributed by atoms with Crippen molar-refractivity contribution in [3.63, 3.8) is 0 Å². The van der Waals surface area contributed by atoms with Gasteiger partial charge in [0.15, 0.2) is 0 Å². The Morgan fingerprint density at radius 2 is 1.76 bits per heavy atom. The molecule has 0 fully saturated rings. The predicted molar refractivity (Wildman–Crippen MR) is 73.5 cm³/mol. The molecule has 2 rings (SSSR count). The summed E-state index contributed by atoms with van der Waals surface area (Å²) in [7, 11) is 0. The molecule has 1 amide bonds. The van der Waals surface area contributed by atoms with E-state index in [-0.39, 0.29) is 10.2 Å². The van der Waals surface area contributed by atoms with Crippen LogP contribution in [-0.4, -0.2) is 5.91 Å². The lowest BCUT2D eigenvalue weighted by Gasteiger charge is -2.13. The molecular formula is C14H8BrF4NO. The molecule has 0 saturated carbocycles. The van der Waals surface area contributed by atoms with Gasteiger partial charge in [0, 0.05) is 4.47 Å². The maximum Gasteiger partial charge on any atom is 0.417 e. The van der Waals surface area contributed by atoms with Crippen molar-refractivity contribution >= 4 is 27.5 Å². The minimum absolute atomic E-state index is 0.182. The maximum atomic E-state index is 13.4. The second kappa shape index (κ2) is 5.85. The van der Waals surface area contributed by atoms with Crippen LogP contribution in [0.3, 0.4) is 0 Å². The monoisotopic (exact) mass is 361 g/mol. The van der Waals surface area contributed by atoms with Gasteiger partial charge in [0.1, 0.15) is 5.82 Å². The van der Waals surface area contributed by atoms with Crippen molar-refractivity contribution < 1.29 is 22.4 Å². The third-order valence-corrected chi connectivity index (χ3v) is 3.15. The van der Waals surface area contributed by atoms with Gasteiger partial charge in [0.05, 0.1) is 16.8 Å². The van der Waals surface area contributed by atoms with Gasteiger partial charge >= 0.3 is 6.18 Å². The zero-order valence-electron chi connectivity index (χ0n) is 10.3. The second-order valence-corrected chi connectivity index (χ2v) is 5.04. The number of anilines is 1. The van der Waals surface area contributed by atoms with E-state index in [4.69, 9.17) is 0 Å². The Bertz CT molecular complexity index is 685. The molecule has 0 unspecified atom stereocenters. The van der Waals surface area contributed by atoms with Crippen LogP contribution in [0.5, 0.6) is 0 Å². The zero-order chi connectivity index (χ0) is 15.6. The average Bonchev–Trinajstić information content (AvgIpc) is 2.40. The molecule has 2 nitrogen and oxygen atoms in total. The van der Waals surface area contributed by atoms with E-state index in [1.54, 1.807) is 0 Å². The van der Waals surface area contributed by atoms with Gasteiger partial charge in [-0.05, 0) is 30.3 Å². The predicted octanol–water partition coefficient (Wildman–Crippen LogP) is 4.86. The molecule has 0 aromatic heterocycles. The number of nitrogens with one attached hydrogen (secondary N) is 1. The van der Waals surface area contributed by atoms with Gasteiger partial charge in [-0.1, -0.05) is 28.1 Å². The minimum Gasteiger partial charge on any atom is -0.319 e. The number of rotatable bonds is 2. The highest BCUT2D eigenvalue weighted by Crippen LogP contribution is 2.34. The van der Waals surface area contributed by atoms with Crippen molar-refractivity contribution in [2.45, 2.75) is 6.18 Å². The fourth-order valence-electron chi connectivity index (χ4n) is 1.70. The molecule has 0 atom stereocenters. The van der Waals surface area contributed by atoms with Crippen LogP contribution in [0.15, 0.2) is 46.9 Å². The van der Waals surface area contributed by atoms with Gasteiger partial charge in [-0.3, -0.25) is 4.79 Å². The van der Waals surface area contributed by atoms with E-state index in [9.17, 15) is 22.4 Å². The Morgan fingerprint density at radius 1 is 1.10 bits per heavy atom. The van der Waals surface area contributed by atoms with Crippen LogP contribution in [0.2, 0.25) is 0 Å². The van der Waals surface area contributed by atoms with Gasteiger partial charge in [-0.25, -0.2) is 4.39 Å². The molecule has 7 heteroatoms. The van der Waals surface area contributed by atoms with Crippen molar-refractivity contribution in [3.8, 4) is 0 Å². The van der Waals surface area contributed by atoms with E-state index >= 15 is 0 Å². The third kappa shape index (κ3) is 3.60.